The Kier molecular flexibility index (Phi) is 6.27. The number of anilines is 1. The van der Waals surface area contributed by atoms with Gasteiger partial charge in [-0.25, -0.2) is 13.2 Å². The zero-order chi connectivity index (χ0) is 21.7. The molecule has 3 aromatic rings. The van der Waals surface area contributed by atoms with Crippen LogP contribution in [0.1, 0.15) is 10.4 Å². The molecule has 0 bridgehead atoms. The van der Waals surface area contributed by atoms with E-state index in [4.69, 9.17) is 14.2 Å². The molecule has 0 heterocycles. The first-order chi connectivity index (χ1) is 14.3. The first-order valence-corrected chi connectivity index (χ1v) is 10.4. The fourth-order valence-electron chi connectivity index (χ4n) is 2.70. The maximum Gasteiger partial charge on any atom is 0.343 e. The van der Waals surface area contributed by atoms with Crippen LogP contribution < -0.4 is 18.5 Å². The highest BCUT2D eigenvalue weighted by Crippen LogP contribution is 2.26. The average molecular weight is 427 g/mol. The number of nitrogens with zero attached hydrogens (tertiary/aromatic N) is 1. The van der Waals surface area contributed by atoms with Gasteiger partial charge in [-0.2, -0.15) is 0 Å². The molecule has 3 rings (SSSR count). The van der Waals surface area contributed by atoms with Gasteiger partial charge in [0.1, 0.15) is 17.2 Å². The van der Waals surface area contributed by atoms with Crippen molar-refractivity contribution >= 4 is 21.7 Å². The summed E-state index contributed by atoms with van der Waals surface area (Å²) in [6, 6.07) is 19.1. The number of carbonyl (C=O) groups is 1. The topological polar surface area (TPSA) is 82.1 Å². The third-order valence-electron chi connectivity index (χ3n) is 4.40. The number of methoxy groups -OCH3 is 2. The zero-order valence-corrected chi connectivity index (χ0v) is 17.5. The van der Waals surface area contributed by atoms with E-state index in [1.807, 2.05) is 0 Å². The summed E-state index contributed by atoms with van der Waals surface area (Å²) in [5.41, 5.74) is 0.695. The van der Waals surface area contributed by atoms with Crippen LogP contribution in [-0.4, -0.2) is 35.7 Å². The van der Waals surface area contributed by atoms with E-state index < -0.39 is 16.0 Å². The van der Waals surface area contributed by atoms with Crippen LogP contribution in [0, 0.1) is 0 Å². The molecule has 0 N–H and O–H groups in total. The maximum atomic E-state index is 12.7. The Labute approximate surface area is 175 Å². The van der Waals surface area contributed by atoms with Crippen molar-refractivity contribution < 1.29 is 27.4 Å². The normalized spacial score (nSPS) is 10.9. The second-order valence-corrected chi connectivity index (χ2v) is 8.24. The molecule has 30 heavy (non-hydrogen) atoms. The summed E-state index contributed by atoms with van der Waals surface area (Å²) in [6.45, 7) is 0. The molecule has 0 saturated carbocycles. The molecule has 0 saturated heterocycles. The van der Waals surface area contributed by atoms with Gasteiger partial charge < -0.3 is 14.2 Å². The summed E-state index contributed by atoms with van der Waals surface area (Å²) in [7, 11) is 0.753. The fraction of sp³-hybridized carbons (Fsp3) is 0.136. The second-order valence-electron chi connectivity index (χ2n) is 6.27. The Morgan fingerprint density at radius 3 is 1.90 bits per heavy atom. The van der Waals surface area contributed by atoms with E-state index in [1.54, 1.807) is 48.5 Å². The molecule has 0 atom stereocenters. The van der Waals surface area contributed by atoms with Crippen molar-refractivity contribution in [3.8, 4) is 17.2 Å². The van der Waals surface area contributed by atoms with Gasteiger partial charge in [0.2, 0.25) is 0 Å². The Morgan fingerprint density at radius 1 is 0.800 bits per heavy atom. The average Bonchev–Trinajstić information content (AvgIpc) is 2.79. The van der Waals surface area contributed by atoms with Crippen LogP contribution in [0.4, 0.5) is 5.69 Å². The smallest absolute Gasteiger partial charge is 0.343 e. The first-order valence-electron chi connectivity index (χ1n) is 8.94. The standard InChI is InChI=1S/C22H21NO6S/c1-23(30(25,26)21-7-5-4-6-8-21)17-9-11-18(12-10-17)29-22(24)16-13-19(27-2)15-20(14-16)28-3/h4-15H,1-3H3. The highest BCUT2D eigenvalue weighted by Gasteiger charge is 2.21. The highest BCUT2D eigenvalue weighted by molar-refractivity contribution is 7.92. The van der Waals surface area contributed by atoms with Crippen LogP contribution in [0.2, 0.25) is 0 Å². The molecule has 0 aliphatic rings. The number of ether oxygens (including phenoxy) is 3. The number of sulfonamides is 1. The molecular formula is C22H21NO6S. The van der Waals surface area contributed by atoms with Gasteiger partial charge in [0, 0.05) is 13.1 Å². The van der Waals surface area contributed by atoms with Gasteiger partial charge in [-0.05, 0) is 48.5 Å². The molecule has 156 valence electrons. The van der Waals surface area contributed by atoms with Crippen molar-refractivity contribution in [2.24, 2.45) is 0 Å². The summed E-state index contributed by atoms with van der Waals surface area (Å²) in [4.78, 5) is 12.7. The number of esters is 1. The summed E-state index contributed by atoms with van der Waals surface area (Å²) >= 11 is 0. The number of hydrogen-bond donors (Lipinski definition) is 0. The van der Waals surface area contributed by atoms with E-state index in [1.165, 1.54) is 49.8 Å². The molecule has 0 aromatic heterocycles. The van der Waals surface area contributed by atoms with E-state index in [9.17, 15) is 13.2 Å². The minimum absolute atomic E-state index is 0.190. The number of hydrogen-bond acceptors (Lipinski definition) is 6. The largest absolute Gasteiger partial charge is 0.497 e. The Hall–Kier alpha value is -3.52. The lowest BCUT2D eigenvalue weighted by Gasteiger charge is -2.19. The van der Waals surface area contributed by atoms with Gasteiger partial charge in [0.15, 0.2) is 0 Å². The molecular weight excluding hydrogens is 406 g/mol. The predicted molar refractivity (Wildman–Crippen MR) is 113 cm³/mol. The van der Waals surface area contributed by atoms with E-state index in [0.29, 0.717) is 17.2 Å². The first kappa shape index (κ1) is 21.2. The van der Waals surface area contributed by atoms with E-state index >= 15 is 0 Å². The van der Waals surface area contributed by atoms with E-state index in [-0.39, 0.29) is 16.2 Å². The molecule has 0 fully saturated rings. The van der Waals surface area contributed by atoms with Crippen molar-refractivity contribution in [2.45, 2.75) is 4.90 Å². The third kappa shape index (κ3) is 4.55. The molecule has 0 aliphatic heterocycles. The molecule has 0 amide bonds. The predicted octanol–water partition coefficient (Wildman–Crippen LogP) is 3.75. The van der Waals surface area contributed by atoms with E-state index in [2.05, 4.69) is 0 Å². The molecule has 0 aliphatic carbocycles. The van der Waals surface area contributed by atoms with Gasteiger partial charge in [-0.15, -0.1) is 0 Å². The van der Waals surface area contributed by atoms with Gasteiger partial charge >= 0.3 is 5.97 Å². The molecule has 0 unspecified atom stereocenters. The van der Waals surface area contributed by atoms with Gasteiger partial charge in [-0.3, -0.25) is 4.31 Å². The Balaban J connectivity index is 1.77. The highest BCUT2D eigenvalue weighted by atomic mass is 32.2. The SMILES string of the molecule is COc1cc(OC)cc(C(=O)Oc2ccc(N(C)S(=O)(=O)c3ccccc3)cc2)c1. The molecule has 3 aromatic carbocycles. The quantitative estimate of drug-likeness (QED) is 0.422. The van der Waals surface area contributed by atoms with E-state index in [0.717, 1.165) is 0 Å². The van der Waals surface area contributed by atoms with Crippen LogP contribution in [0.3, 0.4) is 0 Å². The van der Waals surface area contributed by atoms with Gasteiger partial charge in [0.05, 0.1) is 30.4 Å². The molecule has 7 nitrogen and oxygen atoms in total. The van der Waals surface area contributed by atoms with Crippen molar-refractivity contribution in [1.82, 2.24) is 0 Å². The molecule has 8 heteroatoms. The Morgan fingerprint density at radius 2 is 1.37 bits per heavy atom. The number of benzene rings is 3. The minimum Gasteiger partial charge on any atom is -0.497 e. The minimum atomic E-state index is -3.69. The zero-order valence-electron chi connectivity index (χ0n) is 16.7. The van der Waals surface area contributed by atoms with Crippen LogP contribution in [-0.2, 0) is 10.0 Å². The fourth-order valence-corrected chi connectivity index (χ4v) is 3.92. The summed E-state index contributed by atoms with van der Waals surface area (Å²) in [5, 5.41) is 0. The van der Waals surface area contributed by atoms with Gasteiger partial charge in [-0.1, -0.05) is 18.2 Å². The monoisotopic (exact) mass is 427 g/mol. The maximum absolute atomic E-state index is 12.7. The van der Waals surface area contributed by atoms with Crippen molar-refractivity contribution in [1.29, 1.82) is 0 Å². The lowest BCUT2D eigenvalue weighted by atomic mass is 10.2. The van der Waals surface area contributed by atoms with Crippen LogP contribution in [0.5, 0.6) is 17.2 Å². The van der Waals surface area contributed by atoms with Gasteiger partial charge in [0.25, 0.3) is 10.0 Å². The van der Waals surface area contributed by atoms with Crippen molar-refractivity contribution in [3.63, 3.8) is 0 Å². The van der Waals surface area contributed by atoms with Crippen molar-refractivity contribution in [2.75, 3.05) is 25.6 Å². The molecule has 0 radical (unpaired) electrons. The lowest BCUT2D eigenvalue weighted by molar-refractivity contribution is 0.0734. The lowest BCUT2D eigenvalue weighted by Crippen LogP contribution is -2.26. The van der Waals surface area contributed by atoms with Crippen LogP contribution in [0.25, 0.3) is 0 Å². The summed E-state index contributed by atoms with van der Waals surface area (Å²) < 4.78 is 42.3. The number of rotatable bonds is 7. The third-order valence-corrected chi connectivity index (χ3v) is 6.20. The Bertz CT molecular complexity index is 1110. The number of carbonyl (C=O) groups excluding carboxylic acids is 1. The van der Waals surface area contributed by atoms with Crippen molar-refractivity contribution in [3.05, 3.63) is 78.4 Å². The van der Waals surface area contributed by atoms with Crippen LogP contribution >= 0.6 is 0 Å². The molecule has 0 spiro atoms. The van der Waals surface area contributed by atoms with Crippen LogP contribution in [0.15, 0.2) is 77.7 Å². The summed E-state index contributed by atoms with van der Waals surface area (Å²) in [6.07, 6.45) is 0. The second kappa shape index (κ2) is 8.87. The summed E-state index contributed by atoms with van der Waals surface area (Å²) in [5.74, 6) is 0.607.